The second-order valence-corrected chi connectivity index (χ2v) is 5.44. The van der Waals surface area contributed by atoms with Gasteiger partial charge in [-0.1, -0.05) is 66.7 Å². The number of aliphatic hydroxyl groups excluding tert-OH is 1. The summed E-state index contributed by atoms with van der Waals surface area (Å²) in [5, 5.41) is 12.2. The van der Waals surface area contributed by atoms with Gasteiger partial charge in [-0.2, -0.15) is 0 Å². The molecule has 3 aromatic carbocycles. The zero-order valence-corrected chi connectivity index (χ0v) is 12.9. The van der Waals surface area contributed by atoms with Crippen molar-refractivity contribution in [1.82, 2.24) is 0 Å². The average molecular weight is 308 g/mol. The molecule has 0 saturated carbocycles. The summed E-state index contributed by atoms with van der Waals surface area (Å²) in [4.78, 5) is 0. The number of fused-ring (bicyclic) bond motifs is 1. The number of hydrogen-bond acceptors (Lipinski definition) is 3. The molecule has 0 fully saturated rings. The van der Waals surface area contributed by atoms with Crippen molar-refractivity contribution in [1.29, 1.82) is 0 Å². The van der Waals surface area contributed by atoms with E-state index in [9.17, 15) is 5.11 Å². The Labute approximate surface area is 136 Å². The summed E-state index contributed by atoms with van der Waals surface area (Å²) in [7, 11) is 0. The van der Waals surface area contributed by atoms with Crippen molar-refractivity contribution in [2.24, 2.45) is 0 Å². The lowest BCUT2D eigenvalue weighted by atomic mass is 10.1. The number of rotatable bonds is 7. The highest BCUT2D eigenvalue weighted by Gasteiger charge is 2.07. The minimum atomic E-state index is -0.655. The van der Waals surface area contributed by atoms with E-state index >= 15 is 0 Å². The van der Waals surface area contributed by atoms with E-state index in [2.05, 4.69) is 0 Å². The standard InChI is InChI=1S/C20H20O3/c21-18(14-22-13-16-7-2-1-3-8-16)15-23-20-12-6-10-17-9-4-5-11-19(17)20/h1-12,18,21H,13-15H2. The lowest BCUT2D eigenvalue weighted by molar-refractivity contribution is 0.00576. The van der Waals surface area contributed by atoms with Crippen LogP contribution in [-0.4, -0.2) is 24.4 Å². The molecule has 3 rings (SSSR count). The number of aliphatic hydroxyl groups is 1. The lowest BCUT2D eigenvalue weighted by Gasteiger charge is -2.14. The van der Waals surface area contributed by atoms with Crippen molar-refractivity contribution in [3.63, 3.8) is 0 Å². The molecule has 0 bridgehead atoms. The van der Waals surface area contributed by atoms with Crippen LogP contribution in [0.3, 0.4) is 0 Å². The highest BCUT2D eigenvalue weighted by atomic mass is 16.5. The van der Waals surface area contributed by atoms with Crippen LogP contribution in [0.4, 0.5) is 0 Å². The first-order valence-electron chi connectivity index (χ1n) is 7.73. The molecule has 3 aromatic rings. The number of ether oxygens (including phenoxy) is 2. The third kappa shape index (κ3) is 4.31. The highest BCUT2D eigenvalue weighted by molar-refractivity contribution is 5.88. The fourth-order valence-corrected chi connectivity index (χ4v) is 2.44. The van der Waals surface area contributed by atoms with E-state index in [4.69, 9.17) is 9.47 Å². The summed E-state index contributed by atoms with van der Waals surface area (Å²) in [6, 6.07) is 23.9. The van der Waals surface area contributed by atoms with Crippen LogP contribution in [-0.2, 0) is 11.3 Å². The summed E-state index contributed by atoms with van der Waals surface area (Å²) in [5.74, 6) is 0.783. The summed E-state index contributed by atoms with van der Waals surface area (Å²) in [6.45, 7) is 0.953. The van der Waals surface area contributed by atoms with Crippen molar-refractivity contribution in [2.45, 2.75) is 12.7 Å². The van der Waals surface area contributed by atoms with Crippen LogP contribution in [0.1, 0.15) is 5.56 Å². The maximum Gasteiger partial charge on any atom is 0.127 e. The molecule has 0 aliphatic heterocycles. The van der Waals surface area contributed by atoms with Crippen LogP contribution in [0.15, 0.2) is 72.8 Å². The van der Waals surface area contributed by atoms with Gasteiger partial charge in [-0.15, -0.1) is 0 Å². The van der Waals surface area contributed by atoms with Crippen molar-refractivity contribution in [3.8, 4) is 5.75 Å². The summed E-state index contributed by atoms with van der Waals surface area (Å²) in [5.41, 5.74) is 1.09. The molecule has 3 heteroatoms. The van der Waals surface area contributed by atoms with E-state index in [-0.39, 0.29) is 13.2 Å². The van der Waals surface area contributed by atoms with Gasteiger partial charge in [-0.05, 0) is 17.0 Å². The molecule has 23 heavy (non-hydrogen) atoms. The third-order valence-corrected chi connectivity index (χ3v) is 3.60. The van der Waals surface area contributed by atoms with Gasteiger partial charge in [0.05, 0.1) is 13.2 Å². The van der Waals surface area contributed by atoms with Crippen LogP contribution >= 0.6 is 0 Å². The first-order valence-corrected chi connectivity index (χ1v) is 7.73. The molecule has 0 saturated heterocycles. The Morgan fingerprint density at radius 2 is 1.52 bits per heavy atom. The van der Waals surface area contributed by atoms with Crippen molar-refractivity contribution >= 4 is 10.8 Å². The normalized spacial score (nSPS) is 12.2. The van der Waals surface area contributed by atoms with Gasteiger partial charge < -0.3 is 14.6 Å². The van der Waals surface area contributed by atoms with E-state index in [1.54, 1.807) is 0 Å². The minimum absolute atomic E-state index is 0.211. The Kier molecular flexibility index (Phi) is 5.25. The fourth-order valence-electron chi connectivity index (χ4n) is 2.44. The average Bonchev–Trinajstić information content (AvgIpc) is 2.61. The summed E-state index contributed by atoms with van der Waals surface area (Å²) >= 11 is 0. The maximum absolute atomic E-state index is 10.0. The molecule has 118 valence electrons. The topological polar surface area (TPSA) is 38.7 Å². The Bertz CT molecular complexity index is 735. The number of hydrogen-bond donors (Lipinski definition) is 1. The predicted octanol–water partition coefficient (Wildman–Crippen LogP) is 3.80. The molecule has 0 aliphatic carbocycles. The van der Waals surface area contributed by atoms with Crippen LogP contribution in [0, 0.1) is 0 Å². The van der Waals surface area contributed by atoms with Gasteiger partial charge in [0.15, 0.2) is 0 Å². The van der Waals surface area contributed by atoms with Crippen LogP contribution in [0.2, 0.25) is 0 Å². The van der Waals surface area contributed by atoms with E-state index < -0.39 is 6.10 Å². The van der Waals surface area contributed by atoms with Gasteiger partial charge in [-0.25, -0.2) is 0 Å². The number of benzene rings is 3. The Morgan fingerprint density at radius 1 is 0.783 bits per heavy atom. The molecular weight excluding hydrogens is 288 g/mol. The molecule has 0 heterocycles. The van der Waals surface area contributed by atoms with Gasteiger partial charge in [0.25, 0.3) is 0 Å². The third-order valence-electron chi connectivity index (χ3n) is 3.60. The monoisotopic (exact) mass is 308 g/mol. The minimum Gasteiger partial charge on any atom is -0.490 e. The smallest absolute Gasteiger partial charge is 0.127 e. The lowest BCUT2D eigenvalue weighted by Crippen LogP contribution is -2.23. The van der Waals surface area contributed by atoms with E-state index in [1.807, 2.05) is 72.8 Å². The largest absolute Gasteiger partial charge is 0.490 e. The van der Waals surface area contributed by atoms with Gasteiger partial charge in [-0.3, -0.25) is 0 Å². The Hall–Kier alpha value is -2.36. The quantitative estimate of drug-likeness (QED) is 0.721. The molecule has 1 N–H and O–H groups in total. The second-order valence-electron chi connectivity index (χ2n) is 5.44. The molecule has 0 radical (unpaired) electrons. The molecule has 0 aliphatic rings. The van der Waals surface area contributed by atoms with Crippen molar-refractivity contribution in [2.75, 3.05) is 13.2 Å². The maximum atomic E-state index is 10.0. The van der Waals surface area contributed by atoms with Gasteiger partial charge in [0.2, 0.25) is 0 Å². The van der Waals surface area contributed by atoms with E-state index in [1.165, 1.54) is 0 Å². The van der Waals surface area contributed by atoms with Crippen LogP contribution in [0.5, 0.6) is 5.75 Å². The molecule has 1 atom stereocenters. The molecule has 0 amide bonds. The molecule has 0 spiro atoms. The molecule has 0 aromatic heterocycles. The predicted molar refractivity (Wildman–Crippen MR) is 91.5 cm³/mol. The molecular formula is C20H20O3. The van der Waals surface area contributed by atoms with Crippen LogP contribution in [0.25, 0.3) is 10.8 Å². The van der Waals surface area contributed by atoms with Gasteiger partial charge in [0, 0.05) is 5.39 Å². The fraction of sp³-hybridized carbons (Fsp3) is 0.200. The summed E-state index contributed by atoms with van der Waals surface area (Å²) in [6.07, 6.45) is -0.655. The second kappa shape index (κ2) is 7.77. The van der Waals surface area contributed by atoms with Crippen LogP contribution < -0.4 is 4.74 Å². The van der Waals surface area contributed by atoms with Gasteiger partial charge in [0.1, 0.15) is 18.5 Å². The zero-order chi connectivity index (χ0) is 15.9. The Morgan fingerprint density at radius 3 is 2.39 bits per heavy atom. The first kappa shape index (κ1) is 15.5. The SMILES string of the molecule is OC(COCc1ccccc1)COc1cccc2ccccc12. The van der Waals surface area contributed by atoms with Crippen molar-refractivity contribution in [3.05, 3.63) is 78.4 Å². The summed E-state index contributed by atoms with van der Waals surface area (Å²) < 4.78 is 11.3. The highest BCUT2D eigenvalue weighted by Crippen LogP contribution is 2.25. The van der Waals surface area contributed by atoms with E-state index in [0.29, 0.717) is 6.61 Å². The van der Waals surface area contributed by atoms with Crippen molar-refractivity contribution < 1.29 is 14.6 Å². The zero-order valence-electron chi connectivity index (χ0n) is 12.9. The first-order chi connectivity index (χ1) is 11.3. The molecule has 1 unspecified atom stereocenters. The van der Waals surface area contributed by atoms with E-state index in [0.717, 1.165) is 22.1 Å². The van der Waals surface area contributed by atoms with Gasteiger partial charge >= 0.3 is 0 Å². The molecule has 3 nitrogen and oxygen atoms in total. The Balaban J connectivity index is 1.49.